The Morgan fingerprint density at radius 3 is 3.06 bits per heavy atom. The number of aryl methyl sites for hydroxylation is 2. The molecule has 0 amide bonds. The van der Waals surface area contributed by atoms with Gasteiger partial charge in [0.1, 0.15) is 6.10 Å². The van der Waals surface area contributed by atoms with Gasteiger partial charge in [-0.15, -0.1) is 0 Å². The number of morpholine rings is 1. The lowest BCUT2D eigenvalue weighted by Gasteiger charge is -2.29. The van der Waals surface area contributed by atoms with Crippen molar-refractivity contribution in [2.45, 2.75) is 18.9 Å². The van der Waals surface area contributed by atoms with Gasteiger partial charge in [0.15, 0.2) is 5.78 Å². The SMILES string of the molecule is CN1CCOC(C(=O)CCc2cnn(C)c2)C1. The lowest BCUT2D eigenvalue weighted by atomic mass is 10.1. The van der Waals surface area contributed by atoms with Crippen molar-refractivity contribution in [3.8, 4) is 0 Å². The highest BCUT2D eigenvalue weighted by Crippen LogP contribution is 2.09. The number of hydrogen-bond donors (Lipinski definition) is 0. The third-order valence-electron chi connectivity index (χ3n) is 3.05. The van der Waals surface area contributed by atoms with Crippen molar-refractivity contribution < 1.29 is 9.53 Å². The third kappa shape index (κ3) is 3.38. The van der Waals surface area contributed by atoms with Gasteiger partial charge in [0.25, 0.3) is 0 Å². The number of carbonyl (C=O) groups excluding carboxylic acids is 1. The summed E-state index contributed by atoms with van der Waals surface area (Å²) in [5.41, 5.74) is 1.10. The molecule has 94 valence electrons. The van der Waals surface area contributed by atoms with Gasteiger partial charge in [0.2, 0.25) is 0 Å². The molecule has 1 fully saturated rings. The van der Waals surface area contributed by atoms with Gasteiger partial charge in [0.05, 0.1) is 12.8 Å². The van der Waals surface area contributed by atoms with Gasteiger partial charge >= 0.3 is 0 Å². The van der Waals surface area contributed by atoms with E-state index in [1.807, 2.05) is 20.3 Å². The first-order chi connectivity index (χ1) is 8.15. The molecular weight excluding hydrogens is 218 g/mol. The maximum absolute atomic E-state index is 11.9. The second-order valence-corrected chi connectivity index (χ2v) is 4.61. The highest BCUT2D eigenvalue weighted by Gasteiger charge is 2.24. The summed E-state index contributed by atoms with van der Waals surface area (Å²) in [6.07, 6.45) is 4.79. The van der Waals surface area contributed by atoms with Crippen LogP contribution in [0.2, 0.25) is 0 Å². The predicted molar refractivity (Wildman–Crippen MR) is 63.8 cm³/mol. The molecule has 1 aliphatic rings. The molecule has 0 saturated carbocycles. The van der Waals surface area contributed by atoms with E-state index < -0.39 is 0 Å². The lowest BCUT2D eigenvalue weighted by Crippen LogP contribution is -2.44. The molecular formula is C12H19N3O2. The van der Waals surface area contributed by atoms with Crippen LogP contribution in [0, 0.1) is 0 Å². The molecule has 1 aromatic rings. The maximum Gasteiger partial charge on any atom is 0.163 e. The van der Waals surface area contributed by atoms with E-state index >= 15 is 0 Å². The monoisotopic (exact) mass is 237 g/mol. The molecule has 1 aromatic heterocycles. The molecule has 5 nitrogen and oxygen atoms in total. The number of carbonyl (C=O) groups is 1. The summed E-state index contributed by atoms with van der Waals surface area (Å²) < 4.78 is 7.25. The molecule has 5 heteroatoms. The highest BCUT2D eigenvalue weighted by molar-refractivity contribution is 5.83. The normalized spacial score (nSPS) is 21.6. The Balaban J connectivity index is 1.80. The second kappa shape index (κ2) is 5.42. The van der Waals surface area contributed by atoms with Gasteiger partial charge in [-0.25, -0.2) is 0 Å². The van der Waals surface area contributed by atoms with Crippen LogP contribution in [0.5, 0.6) is 0 Å². The summed E-state index contributed by atoms with van der Waals surface area (Å²) in [5, 5.41) is 4.09. The number of rotatable bonds is 4. The van der Waals surface area contributed by atoms with Crippen molar-refractivity contribution in [2.24, 2.45) is 7.05 Å². The van der Waals surface area contributed by atoms with Gasteiger partial charge in [-0.2, -0.15) is 5.10 Å². The second-order valence-electron chi connectivity index (χ2n) is 4.61. The van der Waals surface area contributed by atoms with E-state index in [2.05, 4.69) is 10.00 Å². The van der Waals surface area contributed by atoms with Gasteiger partial charge in [-0.3, -0.25) is 9.48 Å². The Morgan fingerprint density at radius 1 is 1.59 bits per heavy atom. The quantitative estimate of drug-likeness (QED) is 0.753. The number of likely N-dealkylation sites (N-methyl/N-ethyl adjacent to an activating group) is 1. The Kier molecular flexibility index (Phi) is 3.91. The van der Waals surface area contributed by atoms with E-state index in [1.54, 1.807) is 10.9 Å². The molecule has 1 unspecified atom stereocenters. The van der Waals surface area contributed by atoms with Crippen molar-refractivity contribution in [1.29, 1.82) is 0 Å². The van der Waals surface area contributed by atoms with Crippen molar-refractivity contribution in [3.63, 3.8) is 0 Å². The van der Waals surface area contributed by atoms with E-state index in [-0.39, 0.29) is 11.9 Å². The summed E-state index contributed by atoms with van der Waals surface area (Å²) in [6, 6.07) is 0. The zero-order chi connectivity index (χ0) is 12.3. The van der Waals surface area contributed by atoms with Crippen LogP contribution in [0.1, 0.15) is 12.0 Å². The molecule has 0 N–H and O–H groups in total. The van der Waals surface area contributed by atoms with Crippen LogP contribution in [0.15, 0.2) is 12.4 Å². The fourth-order valence-electron chi connectivity index (χ4n) is 2.00. The van der Waals surface area contributed by atoms with Crippen molar-refractivity contribution in [2.75, 3.05) is 26.7 Å². The van der Waals surface area contributed by atoms with Crippen molar-refractivity contribution >= 4 is 5.78 Å². The number of ketones is 1. The van der Waals surface area contributed by atoms with Gasteiger partial charge in [0, 0.05) is 32.8 Å². The minimum absolute atomic E-state index is 0.195. The minimum atomic E-state index is -0.245. The number of nitrogens with zero attached hydrogens (tertiary/aromatic N) is 3. The average molecular weight is 237 g/mol. The van der Waals surface area contributed by atoms with Crippen LogP contribution in [0.4, 0.5) is 0 Å². The molecule has 1 saturated heterocycles. The molecule has 0 bridgehead atoms. The molecule has 1 aliphatic heterocycles. The molecule has 0 aliphatic carbocycles. The van der Waals surface area contributed by atoms with Crippen LogP contribution in [0.3, 0.4) is 0 Å². The molecule has 0 radical (unpaired) electrons. The summed E-state index contributed by atoms with van der Waals surface area (Å²) in [4.78, 5) is 14.1. The molecule has 0 spiro atoms. The number of hydrogen-bond acceptors (Lipinski definition) is 4. The molecule has 1 atom stereocenters. The molecule has 2 heterocycles. The summed E-state index contributed by atoms with van der Waals surface area (Å²) in [5.74, 6) is 0.195. The Bertz CT molecular complexity index is 389. The number of aromatic nitrogens is 2. The van der Waals surface area contributed by atoms with Crippen LogP contribution in [-0.2, 0) is 23.0 Å². The number of ether oxygens (including phenoxy) is 1. The molecule has 2 rings (SSSR count). The van der Waals surface area contributed by atoms with Crippen molar-refractivity contribution in [1.82, 2.24) is 14.7 Å². The van der Waals surface area contributed by atoms with Crippen LogP contribution >= 0.6 is 0 Å². The predicted octanol–water partition coefficient (Wildman–Crippen LogP) is 0.252. The van der Waals surface area contributed by atoms with E-state index in [0.717, 1.165) is 18.5 Å². The fourth-order valence-corrected chi connectivity index (χ4v) is 2.00. The van der Waals surface area contributed by atoms with Crippen LogP contribution in [0.25, 0.3) is 0 Å². The van der Waals surface area contributed by atoms with Gasteiger partial charge in [-0.05, 0) is 19.0 Å². The average Bonchev–Trinajstić information content (AvgIpc) is 2.72. The molecule has 17 heavy (non-hydrogen) atoms. The van der Waals surface area contributed by atoms with Crippen molar-refractivity contribution in [3.05, 3.63) is 18.0 Å². The first kappa shape index (κ1) is 12.3. The van der Waals surface area contributed by atoms with E-state index in [4.69, 9.17) is 4.74 Å². The topological polar surface area (TPSA) is 47.4 Å². The van der Waals surface area contributed by atoms with E-state index in [0.29, 0.717) is 19.6 Å². The molecule has 0 aromatic carbocycles. The first-order valence-electron chi connectivity index (χ1n) is 5.95. The van der Waals surface area contributed by atoms with Crippen LogP contribution < -0.4 is 0 Å². The Hall–Kier alpha value is -1.20. The largest absolute Gasteiger partial charge is 0.368 e. The lowest BCUT2D eigenvalue weighted by molar-refractivity contribution is -0.135. The highest BCUT2D eigenvalue weighted by atomic mass is 16.5. The van der Waals surface area contributed by atoms with E-state index in [9.17, 15) is 4.79 Å². The smallest absolute Gasteiger partial charge is 0.163 e. The van der Waals surface area contributed by atoms with Crippen LogP contribution in [-0.4, -0.2) is 53.3 Å². The summed E-state index contributed by atoms with van der Waals surface area (Å²) in [6.45, 7) is 2.28. The number of Topliss-reactive ketones (excluding diaryl/α,β-unsaturated/α-hetero) is 1. The minimum Gasteiger partial charge on any atom is -0.368 e. The maximum atomic E-state index is 11.9. The zero-order valence-corrected chi connectivity index (χ0v) is 10.4. The van der Waals surface area contributed by atoms with E-state index in [1.165, 1.54) is 0 Å². The zero-order valence-electron chi connectivity index (χ0n) is 10.4. The Morgan fingerprint density at radius 2 is 2.41 bits per heavy atom. The first-order valence-corrected chi connectivity index (χ1v) is 5.95. The Labute approximate surface area is 101 Å². The summed E-state index contributed by atoms with van der Waals surface area (Å²) >= 11 is 0. The summed E-state index contributed by atoms with van der Waals surface area (Å²) in [7, 11) is 3.90. The standard InChI is InChI=1S/C12H19N3O2/c1-14-5-6-17-12(9-14)11(16)4-3-10-7-13-15(2)8-10/h7-8,12H,3-6,9H2,1-2H3. The third-order valence-corrected chi connectivity index (χ3v) is 3.05. The van der Waals surface area contributed by atoms with Gasteiger partial charge < -0.3 is 9.64 Å². The fraction of sp³-hybridized carbons (Fsp3) is 0.667. The van der Waals surface area contributed by atoms with Gasteiger partial charge in [-0.1, -0.05) is 0 Å².